The van der Waals surface area contributed by atoms with Crippen molar-refractivity contribution in [3.8, 4) is 0 Å². The zero-order valence-electron chi connectivity index (χ0n) is 9.23. The van der Waals surface area contributed by atoms with Gasteiger partial charge in [0, 0.05) is 15.9 Å². The minimum Gasteiger partial charge on any atom is -0.313 e. The molecule has 1 heterocycles. The van der Waals surface area contributed by atoms with E-state index in [2.05, 4.69) is 52.8 Å². The lowest BCUT2D eigenvalue weighted by Crippen LogP contribution is -2.22. The van der Waals surface area contributed by atoms with Crippen LogP contribution >= 0.6 is 27.3 Å². The van der Waals surface area contributed by atoms with Gasteiger partial charge in [-0.3, -0.25) is 0 Å². The van der Waals surface area contributed by atoms with Gasteiger partial charge in [0.05, 0.1) is 0 Å². The highest BCUT2D eigenvalue weighted by Gasteiger charge is 2.20. The molecule has 14 heavy (non-hydrogen) atoms. The normalized spacial score (nSPS) is 14.4. The molecule has 3 heteroatoms. The predicted octanol–water partition coefficient (Wildman–Crippen LogP) is 4.21. The molecule has 1 rings (SSSR count). The number of nitrogens with one attached hydrogen (secondary N) is 1. The molecule has 0 fully saturated rings. The van der Waals surface area contributed by atoms with E-state index < -0.39 is 0 Å². The van der Waals surface area contributed by atoms with Gasteiger partial charge in [-0.05, 0) is 45.8 Å². The van der Waals surface area contributed by atoms with Gasteiger partial charge in [0.15, 0.2) is 0 Å². The van der Waals surface area contributed by atoms with Gasteiger partial charge in [0.2, 0.25) is 0 Å². The second-order valence-electron chi connectivity index (χ2n) is 4.78. The Morgan fingerprint density at radius 3 is 2.43 bits per heavy atom. The summed E-state index contributed by atoms with van der Waals surface area (Å²) < 4.78 is 1.23. The molecule has 0 saturated heterocycles. The van der Waals surface area contributed by atoms with E-state index in [-0.39, 0.29) is 0 Å². The third-order valence-corrected chi connectivity index (χ3v) is 3.93. The van der Waals surface area contributed by atoms with Crippen molar-refractivity contribution in [2.24, 2.45) is 5.41 Å². The van der Waals surface area contributed by atoms with Crippen LogP contribution in [0.4, 0.5) is 0 Å². The topological polar surface area (TPSA) is 12.0 Å². The first-order valence-electron chi connectivity index (χ1n) is 4.83. The van der Waals surface area contributed by atoms with Crippen LogP contribution in [-0.2, 0) is 0 Å². The van der Waals surface area contributed by atoms with Crippen LogP contribution < -0.4 is 5.32 Å². The summed E-state index contributed by atoms with van der Waals surface area (Å²) in [6.45, 7) is 6.83. The molecule has 0 aliphatic carbocycles. The Morgan fingerprint density at radius 2 is 2.07 bits per heavy atom. The molecule has 1 aromatic rings. The van der Waals surface area contributed by atoms with Crippen LogP contribution in [0.3, 0.4) is 0 Å². The SMILES string of the molecule is CNC(CC(C)(C)C)c1cscc1Br. The molecule has 1 aromatic heterocycles. The summed E-state index contributed by atoms with van der Waals surface area (Å²) in [6.07, 6.45) is 1.15. The highest BCUT2D eigenvalue weighted by Crippen LogP contribution is 2.34. The van der Waals surface area contributed by atoms with Crippen molar-refractivity contribution < 1.29 is 0 Å². The zero-order valence-corrected chi connectivity index (χ0v) is 11.6. The standard InChI is InChI=1S/C11H18BrNS/c1-11(2,3)5-10(13-4)8-6-14-7-9(8)12/h6-7,10,13H,5H2,1-4H3. The van der Waals surface area contributed by atoms with Crippen LogP contribution in [0.2, 0.25) is 0 Å². The maximum Gasteiger partial charge on any atom is 0.0342 e. The molecule has 1 unspecified atom stereocenters. The lowest BCUT2D eigenvalue weighted by atomic mass is 9.86. The van der Waals surface area contributed by atoms with Gasteiger partial charge >= 0.3 is 0 Å². The summed E-state index contributed by atoms with van der Waals surface area (Å²) in [4.78, 5) is 0. The molecule has 0 aromatic carbocycles. The first-order chi connectivity index (χ1) is 6.44. The fourth-order valence-corrected chi connectivity index (χ4v) is 3.15. The third kappa shape index (κ3) is 3.37. The lowest BCUT2D eigenvalue weighted by Gasteiger charge is -2.25. The first kappa shape index (κ1) is 12.2. The van der Waals surface area contributed by atoms with Gasteiger partial charge in [-0.1, -0.05) is 20.8 Å². The minimum absolute atomic E-state index is 0.356. The number of hydrogen-bond acceptors (Lipinski definition) is 2. The number of thiophene rings is 1. The second kappa shape index (κ2) is 4.77. The molecule has 0 bridgehead atoms. The first-order valence-corrected chi connectivity index (χ1v) is 6.56. The van der Waals surface area contributed by atoms with Crippen molar-refractivity contribution in [3.05, 3.63) is 20.8 Å². The molecule has 1 nitrogen and oxygen atoms in total. The molecule has 0 saturated carbocycles. The van der Waals surface area contributed by atoms with Gasteiger partial charge in [-0.15, -0.1) is 0 Å². The van der Waals surface area contributed by atoms with Crippen molar-refractivity contribution in [1.82, 2.24) is 5.32 Å². The average Bonchev–Trinajstić information content (AvgIpc) is 2.45. The van der Waals surface area contributed by atoms with Crippen molar-refractivity contribution >= 4 is 27.3 Å². The van der Waals surface area contributed by atoms with E-state index in [1.54, 1.807) is 11.3 Å². The Balaban J connectivity index is 2.78. The van der Waals surface area contributed by atoms with Crippen LogP contribution in [0, 0.1) is 5.41 Å². The summed E-state index contributed by atoms with van der Waals surface area (Å²) >= 11 is 5.33. The van der Waals surface area contributed by atoms with E-state index in [9.17, 15) is 0 Å². The Hall–Kier alpha value is 0.140. The maximum atomic E-state index is 3.59. The largest absolute Gasteiger partial charge is 0.313 e. The third-order valence-electron chi connectivity index (χ3n) is 2.18. The molecule has 0 aliphatic heterocycles. The summed E-state index contributed by atoms with van der Waals surface area (Å²) in [5.74, 6) is 0. The molecule has 0 aliphatic rings. The molecule has 1 N–H and O–H groups in total. The van der Waals surface area contributed by atoms with Crippen molar-refractivity contribution in [2.75, 3.05) is 7.05 Å². The highest BCUT2D eigenvalue weighted by molar-refractivity contribution is 9.10. The van der Waals surface area contributed by atoms with Gasteiger partial charge in [-0.25, -0.2) is 0 Å². The summed E-state index contributed by atoms with van der Waals surface area (Å²) in [7, 11) is 2.03. The molecule has 80 valence electrons. The van der Waals surface area contributed by atoms with Crippen molar-refractivity contribution in [3.63, 3.8) is 0 Å². The van der Waals surface area contributed by atoms with Gasteiger partial charge in [0.1, 0.15) is 0 Å². The molecular weight excluding hydrogens is 258 g/mol. The molecular formula is C11H18BrNS. The summed E-state index contributed by atoms with van der Waals surface area (Å²) in [5.41, 5.74) is 1.74. The van der Waals surface area contributed by atoms with E-state index in [1.165, 1.54) is 10.0 Å². The highest BCUT2D eigenvalue weighted by atomic mass is 79.9. The van der Waals surface area contributed by atoms with Crippen LogP contribution in [0.15, 0.2) is 15.2 Å². The van der Waals surface area contributed by atoms with Gasteiger partial charge in [0.25, 0.3) is 0 Å². The number of rotatable bonds is 3. The number of halogens is 1. The molecule has 0 amide bonds. The van der Waals surface area contributed by atoms with Crippen LogP contribution in [0.5, 0.6) is 0 Å². The number of hydrogen-bond donors (Lipinski definition) is 1. The smallest absolute Gasteiger partial charge is 0.0342 e. The van der Waals surface area contributed by atoms with Gasteiger partial charge in [-0.2, -0.15) is 11.3 Å². The fraction of sp³-hybridized carbons (Fsp3) is 0.636. The van der Waals surface area contributed by atoms with Crippen LogP contribution in [-0.4, -0.2) is 7.05 Å². The molecule has 0 spiro atoms. The van der Waals surface area contributed by atoms with Crippen LogP contribution in [0.1, 0.15) is 38.8 Å². The summed E-state index contributed by atoms with van der Waals surface area (Å²) in [6, 6.07) is 0.454. The minimum atomic E-state index is 0.356. The predicted molar refractivity (Wildman–Crippen MR) is 67.9 cm³/mol. The summed E-state index contributed by atoms with van der Waals surface area (Å²) in [5, 5.41) is 7.74. The lowest BCUT2D eigenvalue weighted by molar-refractivity contribution is 0.320. The van der Waals surface area contributed by atoms with E-state index in [0.29, 0.717) is 11.5 Å². The van der Waals surface area contributed by atoms with E-state index in [0.717, 1.165) is 6.42 Å². The van der Waals surface area contributed by atoms with E-state index >= 15 is 0 Å². The van der Waals surface area contributed by atoms with Crippen molar-refractivity contribution in [2.45, 2.75) is 33.2 Å². The van der Waals surface area contributed by atoms with Gasteiger partial charge < -0.3 is 5.32 Å². The molecule has 1 atom stereocenters. The Kier molecular flexibility index (Phi) is 4.16. The monoisotopic (exact) mass is 275 g/mol. The Bertz CT molecular complexity index is 288. The van der Waals surface area contributed by atoms with Crippen LogP contribution in [0.25, 0.3) is 0 Å². The Morgan fingerprint density at radius 1 is 1.43 bits per heavy atom. The quantitative estimate of drug-likeness (QED) is 0.872. The second-order valence-corrected chi connectivity index (χ2v) is 6.38. The zero-order chi connectivity index (χ0) is 10.8. The maximum absolute atomic E-state index is 3.59. The van der Waals surface area contributed by atoms with E-state index in [4.69, 9.17) is 0 Å². The van der Waals surface area contributed by atoms with E-state index in [1.807, 2.05) is 7.05 Å². The fourth-order valence-electron chi connectivity index (χ4n) is 1.52. The van der Waals surface area contributed by atoms with Crippen molar-refractivity contribution in [1.29, 1.82) is 0 Å². The Labute approximate surface area is 99.0 Å². The average molecular weight is 276 g/mol. The molecule has 0 radical (unpaired) electrons.